The molecule has 5 heteroatoms. The lowest BCUT2D eigenvalue weighted by atomic mass is 9.97. The average molecular weight is 279 g/mol. The standard InChI is InChI=1S/C15H21NO4/c1-19-10-11-4-3-7-16(9-11)14-8-12(20-2)5-6-13(14)15(17)18/h5-6,8,11H,3-4,7,9-10H2,1-2H3,(H,17,18). The van der Waals surface area contributed by atoms with Crippen molar-refractivity contribution in [1.29, 1.82) is 0 Å². The molecule has 1 saturated heterocycles. The minimum Gasteiger partial charge on any atom is -0.497 e. The first kappa shape index (κ1) is 14.7. The molecule has 0 spiro atoms. The maximum absolute atomic E-state index is 11.4. The average Bonchev–Trinajstić information content (AvgIpc) is 2.47. The normalized spacial score (nSPS) is 18.9. The summed E-state index contributed by atoms with van der Waals surface area (Å²) in [5.41, 5.74) is 1.06. The summed E-state index contributed by atoms with van der Waals surface area (Å²) < 4.78 is 10.4. The van der Waals surface area contributed by atoms with Crippen LogP contribution in [0.15, 0.2) is 18.2 Å². The van der Waals surface area contributed by atoms with Crippen LogP contribution in [0.25, 0.3) is 0 Å². The van der Waals surface area contributed by atoms with Gasteiger partial charge in [0.15, 0.2) is 0 Å². The van der Waals surface area contributed by atoms with Crippen LogP contribution in [0.4, 0.5) is 5.69 Å². The maximum atomic E-state index is 11.4. The van der Waals surface area contributed by atoms with E-state index in [2.05, 4.69) is 4.90 Å². The Bertz CT molecular complexity index is 473. The number of piperidine rings is 1. The minimum atomic E-state index is -0.906. The second-order valence-electron chi connectivity index (χ2n) is 5.10. The van der Waals surface area contributed by atoms with E-state index in [1.807, 2.05) is 0 Å². The molecule has 1 atom stereocenters. The van der Waals surface area contributed by atoms with Gasteiger partial charge in [-0.2, -0.15) is 0 Å². The van der Waals surface area contributed by atoms with Gasteiger partial charge < -0.3 is 19.5 Å². The van der Waals surface area contributed by atoms with E-state index in [4.69, 9.17) is 9.47 Å². The van der Waals surface area contributed by atoms with Gasteiger partial charge in [-0.1, -0.05) is 0 Å². The SMILES string of the molecule is COCC1CCCN(c2cc(OC)ccc2C(=O)O)C1. The summed E-state index contributed by atoms with van der Waals surface area (Å²) in [5, 5.41) is 9.34. The first-order valence-electron chi connectivity index (χ1n) is 6.81. The highest BCUT2D eigenvalue weighted by Gasteiger charge is 2.24. The van der Waals surface area contributed by atoms with Gasteiger partial charge in [0.1, 0.15) is 5.75 Å². The minimum absolute atomic E-state index is 0.323. The molecule has 1 unspecified atom stereocenters. The third-order valence-corrected chi connectivity index (χ3v) is 3.70. The highest BCUT2D eigenvalue weighted by molar-refractivity contribution is 5.94. The van der Waals surface area contributed by atoms with Crippen molar-refractivity contribution < 1.29 is 19.4 Å². The fraction of sp³-hybridized carbons (Fsp3) is 0.533. The first-order valence-corrected chi connectivity index (χ1v) is 6.81. The molecule has 0 aromatic heterocycles. The summed E-state index contributed by atoms with van der Waals surface area (Å²) in [6.07, 6.45) is 2.17. The van der Waals surface area contributed by atoms with Crippen LogP contribution in [0.3, 0.4) is 0 Å². The molecule has 1 aromatic carbocycles. The number of carboxylic acid groups (broad SMARTS) is 1. The predicted molar refractivity (Wildman–Crippen MR) is 76.8 cm³/mol. The van der Waals surface area contributed by atoms with Crippen LogP contribution in [0.5, 0.6) is 5.75 Å². The number of carboxylic acids is 1. The number of hydrogen-bond donors (Lipinski definition) is 1. The Hall–Kier alpha value is -1.75. The molecule has 0 amide bonds. The van der Waals surface area contributed by atoms with E-state index in [1.54, 1.807) is 32.4 Å². The van der Waals surface area contributed by atoms with E-state index in [0.29, 0.717) is 23.8 Å². The van der Waals surface area contributed by atoms with E-state index in [9.17, 15) is 9.90 Å². The fourth-order valence-corrected chi connectivity index (χ4v) is 2.74. The number of hydrogen-bond acceptors (Lipinski definition) is 4. The third kappa shape index (κ3) is 3.22. The maximum Gasteiger partial charge on any atom is 0.337 e. The Balaban J connectivity index is 2.27. The van der Waals surface area contributed by atoms with Gasteiger partial charge in [-0.05, 0) is 30.9 Å². The predicted octanol–water partition coefficient (Wildman–Crippen LogP) is 2.26. The van der Waals surface area contributed by atoms with Gasteiger partial charge in [-0.15, -0.1) is 0 Å². The summed E-state index contributed by atoms with van der Waals surface area (Å²) in [6.45, 7) is 2.40. The molecule has 0 radical (unpaired) electrons. The van der Waals surface area contributed by atoms with Crippen LogP contribution in [0.2, 0.25) is 0 Å². The van der Waals surface area contributed by atoms with E-state index in [-0.39, 0.29) is 0 Å². The molecular weight excluding hydrogens is 258 g/mol. The Labute approximate surface area is 119 Å². The van der Waals surface area contributed by atoms with Gasteiger partial charge in [-0.25, -0.2) is 4.79 Å². The Morgan fingerprint density at radius 2 is 2.25 bits per heavy atom. The molecule has 5 nitrogen and oxygen atoms in total. The summed E-state index contributed by atoms with van der Waals surface area (Å²) in [6, 6.07) is 5.10. The number of benzene rings is 1. The van der Waals surface area contributed by atoms with Crippen molar-refractivity contribution in [2.24, 2.45) is 5.92 Å². The van der Waals surface area contributed by atoms with Crippen molar-refractivity contribution in [3.8, 4) is 5.75 Å². The molecule has 1 aliphatic heterocycles. The zero-order valence-corrected chi connectivity index (χ0v) is 12.0. The molecule has 1 heterocycles. The molecule has 0 bridgehead atoms. The highest BCUT2D eigenvalue weighted by atomic mass is 16.5. The second kappa shape index (κ2) is 6.61. The molecule has 1 fully saturated rings. The van der Waals surface area contributed by atoms with Crippen molar-refractivity contribution in [1.82, 2.24) is 0 Å². The Morgan fingerprint density at radius 1 is 1.45 bits per heavy atom. The Kier molecular flexibility index (Phi) is 4.84. The van der Waals surface area contributed by atoms with Crippen LogP contribution < -0.4 is 9.64 Å². The van der Waals surface area contributed by atoms with Gasteiger partial charge in [0.2, 0.25) is 0 Å². The number of aromatic carboxylic acids is 1. The summed E-state index contributed by atoms with van der Waals surface area (Å²) >= 11 is 0. The van der Waals surface area contributed by atoms with E-state index in [0.717, 1.165) is 31.6 Å². The Morgan fingerprint density at radius 3 is 2.90 bits per heavy atom. The van der Waals surface area contributed by atoms with Crippen molar-refractivity contribution in [2.45, 2.75) is 12.8 Å². The highest BCUT2D eigenvalue weighted by Crippen LogP contribution is 2.30. The van der Waals surface area contributed by atoms with E-state index >= 15 is 0 Å². The van der Waals surface area contributed by atoms with Crippen molar-refractivity contribution in [3.63, 3.8) is 0 Å². The van der Waals surface area contributed by atoms with Gasteiger partial charge in [-0.3, -0.25) is 0 Å². The van der Waals surface area contributed by atoms with Crippen LogP contribution in [0.1, 0.15) is 23.2 Å². The van der Waals surface area contributed by atoms with Gasteiger partial charge >= 0.3 is 5.97 Å². The summed E-state index contributed by atoms with van der Waals surface area (Å²) in [7, 11) is 3.29. The van der Waals surface area contributed by atoms with Gasteiger partial charge in [0.05, 0.1) is 25.0 Å². The quantitative estimate of drug-likeness (QED) is 0.896. The number of nitrogens with zero attached hydrogens (tertiary/aromatic N) is 1. The lowest BCUT2D eigenvalue weighted by Crippen LogP contribution is -2.37. The van der Waals surface area contributed by atoms with Crippen LogP contribution in [-0.4, -0.2) is 45.0 Å². The zero-order valence-electron chi connectivity index (χ0n) is 12.0. The van der Waals surface area contributed by atoms with Crippen molar-refractivity contribution in [3.05, 3.63) is 23.8 Å². The van der Waals surface area contributed by atoms with Crippen LogP contribution in [-0.2, 0) is 4.74 Å². The topological polar surface area (TPSA) is 59.0 Å². The second-order valence-corrected chi connectivity index (χ2v) is 5.10. The molecule has 1 aliphatic rings. The summed E-state index contributed by atoms with van der Waals surface area (Å²) in [4.78, 5) is 13.5. The lowest BCUT2D eigenvalue weighted by molar-refractivity contribution is 0.0697. The molecule has 20 heavy (non-hydrogen) atoms. The zero-order chi connectivity index (χ0) is 14.5. The monoisotopic (exact) mass is 279 g/mol. The smallest absolute Gasteiger partial charge is 0.337 e. The molecule has 2 rings (SSSR count). The largest absolute Gasteiger partial charge is 0.497 e. The third-order valence-electron chi connectivity index (χ3n) is 3.70. The molecule has 110 valence electrons. The van der Waals surface area contributed by atoms with E-state index in [1.165, 1.54) is 0 Å². The van der Waals surface area contributed by atoms with Gasteiger partial charge in [0.25, 0.3) is 0 Å². The van der Waals surface area contributed by atoms with Crippen molar-refractivity contribution in [2.75, 3.05) is 38.8 Å². The first-order chi connectivity index (χ1) is 9.65. The van der Waals surface area contributed by atoms with E-state index < -0.39 is 5.97 Å². The van der Waals surface area contributed by atoms with Crippen LogP contribution >= 0.6 is 0 Å². The lowest BCUT2D eigenvalue weighted by Gasteiger charge is -2.35. The number of rotatable bonds is 5. The number of ether oxygens (including phenoxy) is 2. The number of anilines is 1. The fourth-order valence-electron chi connectivity index (χ4n) is 2.74. The van der Waals surface area contributed by atoms with Crippen LogP contribution in [0, 0.1) is 5.92 Å². The van der Waals surface area contributed by atoms with Crippen molar-refractivity contribution >= 4 is 11.7 Å². The molecule has 1 N–H and O–H groups in total. The molecule has 0 saturated carbocycles. The molecular formula is C15H21NO4. The molecule has 0 aliphatic carbocycles. The van der Waals surface area contributed by atoms with Gasteiger partial charge in [0, 0.05) is 26.3 Å². The number of carbonyl (C=O) groups is 1. The molecule has 1 aromatic rings. The number of methoxy groups -OCH3 is 2. The summed E-state index contributed by atoms with van der Waals surface area (Å²) in [5.74, 6) is 0.219.